The van der Waals surface area contributed by atoms with Crippen molar-refractivity contribution in [3.05, 3.63) is 30.3 Å². The van der Waals surface area contributed by atoms with Gasteiger partial charge in [0.25, 0.3) is 0 Å². The molecule has 0 bridgehead atoms. The molecule has 82 valence electrons. The molecule has 1 aromatic rings. The number of hydrogen-bond donors (Lipinski definition) is 3. The molecule has 1 aromatic carbocycles. The molecule has 2 rings (SSSR count). The van der Waals surface area contributed by atoms with Gasteiger partial charge in [0.1, 0.15) is 12.3 Å². The zero-order valence-corrected chi connectivity index (χ0v) is 8.34. The Morgan fingerprint density at radius 2 is 2.07 bits per heavy atom. The van der Waals surface area contributed by atoms with Gasteiger partial charge in [0.2, 0.25) is 0 Å². The first-order chi connectivity index (χ1) is 7.29. The molecule has 15 heavy (non-hydrogen) atoms. The van der Waals surface area contributed by atoms with E-state index in [2.05, 4.69) is 5.32 Å². The minimum Gasteiger partial charge on any atom is -0.394 e. The molecule has 4 nitrogen and oxygen atoms in total. The van der Waals surface area contributed by atoms with Crippen LogP contribution >= 0.6 is 0 Å². The van der Waals surface area contributed by atoms with Crippen LogP contribution in [-0.4, -0.2) is 35.3 Å². The second-order valence-corrected chi connectivity index (χ2v) is 3.66. The fourth-order valence-corrected chi connectivity index (χ4v) is 1.71. The van der Waals surface area contributed by atoms with Gasteiger partial charge in [0.05, 0.1) is 12.7 Å². The normalized spacial score (nSPS) is 30.4. The number of aliphatic hydroxyl groups excluding tert-OH is 2. The third-order valence-corrected chi connectivity index (χ3v) is 2.51. The van der Waals surface area contributed by atoms with E-state index in [1.165, 1.54) is 0 Å². The van der Waals surface area contributed by atoms with Gasteiger partial charge in [0.15, 0.2) is 0 Å². The van der Waals surface area contributed by atoms with Crippen LogP contribution < -0.4 is 5.32 Å². The molecule has 0 spiro atoms. The van der Waals surface area contributed by atoms with Gasteiger partial charge in [-0.2, -0.15) is 0 Å². The first-order valence-electron chi connectivity index (χ1n) is 5.05. The van der Waals surface area contributed by atoms with Crippen molar-refractivity contribution in [2.45, 2.75) is 24.9 Å². The van der Waals surface area contributed by atoms with Crippen molar-refractivity contribution in [2.24, 2.45) is 0 Å². The number of rotatable bonds is 3. The van der Waals surface area contributed by atoms with E-state index in [9.17, 15) is 5.11 Å². The average Bonchev–Trinajstić information content (AvgIpc) is 2.60. The lowest BCUT2D eigenvalue weighted by Gasteiger charge is -2.14. The zero-order chi connectivity index (χ0) is 10.7. The molecule has 0 aromatic heterocycles. The summed E-state index contributed by atoms with van der Waals surface area (Å²) in [5.41, 5.74) is 0.952. The van der Waals surface area contributed by atoms with Gasteiger partial charge in [-0.05, 0) is 12.1 Å². The number of aliphatic hydroxyl groups is 2. The highest BCUT2D eigenvalue weighted by molar-refractivity contribution is 5.43. The maximum Gasteiger partial charge on any atom is 0.130 e. The fourth-order valence-electron chi connectivity index (χ4n) is 1.71. The van der Waals surface area contributed by atoms with Crippen molar-refractivity contribution in [2.75, 3.05) is 11.9 Å². The van der Waals surface area contributed by atoms with Crippen LogP contribution in [0.15, 0.2) is 30.3 Å². The predicted octanol–water partition coefficient (Wildman–Crippen LogP) is 0.567. The number of hydrogen-bond acceptors (Lipinski definition) is 4. The van der Waals surface area contributed by atoms with Crippen molar-refractivity contribution in [1.29, 1.82) is 0 Å². The third kappa shape index (κ3) is 2.47. The molecule has 3 N–H and O–H groups in total. The Kier molecular flexibility index (Phi) is 3.20. The van der Waals surface area contributed by atoms with E-state index in [0.29, 0.717) is 6.42 Å². The van der Waals surface area contributed by atoms with E-state index in [1.807, 2.05) is 30.3 Å². The maximum atomic E-state index is 9.51. The third-order valence-electron chi connectivity index (χ3n) is 2.51. The van der Waals surface area contributed by atoms with Gasteiger partial charge in [-0.15, -0.1) is 0 Å². The molecule has 3 atom stereocenters. The summed E-state index contributed by atoms with van der Waals surface area (Å²) in [6, 6.07) is 9.66. The minimum atomic E-state index is -0.587. The van der Waals surface area contributed by atoms with Gasteiger partial charge in [0, 0.05) is 12.1 Å². The van der Waals surface area contributed by atoms with Crippen LogP contribution in [0.4, 0.5) is 5.69 Å². The summed E-state index contributed by atoms with van der Waals surface area (Å²) in [6.07, 6.45) is -0.776. The number of ether oxygens (including phenoxy) is 1. The van der Waals surface area contributed by atoms with Crippen molar-refractivity contribution in [3.8, 4) is 0 Å². The van der Waals surface area contributed by atoms with Crippen molar-refractivity contribution >= 4 is 5.69 Å². The lowest BCUT2D eigenvalue weighted by atomic mass is 10.2. The molecular weight excluding hydrogens is 194 g/mol. The number of benzene rings is 1. The largest absolute Gasteiger partial charge is 0.394 e. The smallest absolute Gasteiger partial charge is 0.130 e. The first-order valence-corrected chi connectivity index (χ1v) is 5.05. The van der Waals surface area contributed by atoms with Gasteiger partial charge in [-0.1, -0.05) is 18.2 Å². The Morgan fingerprint density at radius 3 is 2.67 bits per heavy atom. The molecule has 1 unspecified atom stereocenters. The van der Waals surface area contributed by atoms with Crippen LogP contribution in [0.3, 0.4) is 0 Å². The second-order valence-electron chi connectivity index (χ2n) is 3.66. The molecule has 0 saturated carbocycles. The Hall–Kier alpha value is -1.10. The summed E-state index contributed by atoms with van der Waals surface area (Å²) in [4.78, 5) is 0. The Labute approximate surface area is 88.5 Å². The topological polar surface area (TPSA) is 61.7 Å². The minimum absolute atomic E-state index is 0.145. The predicted molar refractivity (Wildman–Crippen MR) is 56.4 cm³/mol. The van der Waals surface area contributed by atoms with E-state index < -0.39 is 12.2 Å². The van der Waals surface area contributed by atoms with Gasteiger partial charge in [-0.3, -0.25) is 0 Å². The van der Waals surface area contributed by atoms with Crippen LogP contribution in [0.25, 0.3) is 0 Å². The first kappa shape index (κ1) is 10.4. The highest BCUT2D eigenvalue weighted by Gasteiger charge is 2.33. The van der Waals surface area contributed by atoms with Crippen LogP contribution in [0.2, 0.25) is 0 Å². The summed E-state index contributed by atoms with van der Waals surface area (Å²) in [7, 11) is 0. The van der Waals surface area contributed by atoms with E-state index in [-0.39, 0.29) is 12.8 Å². The van der Waals surface area contributed by atoms with Crippen LogP contribution in [-0.2, 0) is 4.74 Å². The highest BCUT2D eigenvalue weighted by Crippen LogP contribution is 2.21. The van der Waals surface area contributed by atoms with E-state index >= 15 is 0 Å². The van der Waals surface area contributed by atoms with E-state index in [4.69, 9.17) is 9.84 Å². The molecule has 0 aliphatic carbocycles. The molecule has 1 heterocycles. The standard InChI is InChI=1S/C11H15NO3/c13-7-10-9(14)6-11(15-10)12-8-4-2-1-3-5-8/h1-5,9-14H,6-7H2/t9-,10+,11?/m0/s1. The number of para-hydroxylation sites is 1. The summed E-state index contributed by atoms with van der Waals surface area (Å²) in [6.45, 7) is -0.145. The number of anilines is 1. The monoisotopic (exact) mass is 209 g/mol. The molecule has 1 saturated heterocycles. The van der Waals surface area contributed by atoms with Gasteiger partial charge < -0.3 is 20.3 Å². The van der Waals surface area contributed by atoms with Crippen LogP contribution in [0.5, 0.6) is 0 Å². The Morgan fingerprint density at radius 1 is 1.33 bits per heavy atom. The summed E-state index contributed by atoms with van der Waals surface area (Å²) < 4.78 is 5.42. The highest BCUT2D eigenvalue weighted by atomic mass is 16.5. The summed E-state index contributed by atoms with van der Waals surface area (Å²) in [5.74, 6) is 0. The molecule has 0 amide bonds. The lowest BCUT2D eigenvalue weighted by molar-refractivity contribution is -0.0149. The Bertz CT molecular complexity index is 304. The van der Waals surface area contributed by atoms with Crippen molar-refractivity contribution < 1.29 is 14.9 Å². The van der Waals surface area contributed by atoms with E-state index in [0.717, 1.165) is 5.69 Å². The Balaban J connectivity index is 1.92. The summed E-state index contributed by atoms with van der Waals surface area (Å²) in [5, 5.41) is 21.6. The van der Waals surface area contributed by atoms with Crippen LogP contribution in [0.1, 0.15) is 6.42 Å². The lowest BCUT2D eigenvalue weighted by Crippen LogP contribution is -2.25. The zero-order valence-electron chi connectivity index (χ0n) is 8.34. The molecular formula is C11H15NO3. The number of nitrogens with one attached hydrogen (secondary N) is 1. The van der Waals surface area contributed by atoms with Crippen molar-refractivity contribution in [1.82, 2.24) is 0 Å². The second kappa shape index (κ2) is 4.61. The molecule has 0 radical (unpaired) electrons. The van der Waals surface area contributed by atoms with Gasteiger partial charge in [-0.25, -0.2) is 0 Å². The van der Waals surface area contributed by atoms with Gasteiger partial charge >= 0.3 is 0 Å². The fraction of sp³-hybridized carbons (Fsp3) is 0.455. The van der Waals surface area contributed by atoms with Crippen molar-refractivity contribution in [3.63, 3.8) is 0 Å². The summed E-state index contributed by atoms with van der Waals surface area (Å²) >= 11 is 0. The van der Waals surface area contributed by atoms with E-state index in [1.54, 1.807) is 0 Å². The SMILES string of the molecule is OC[C@H]1OC(Nc2ccccc2)C[C@@H]1O. The maximum absolute atomic E-state index is 9.51. The molecule has 1 aliphatic rings. The molecule has 1 fully saturated rings. The quantitative estimate of drug-likeness (QED) is 0.681. The molecule has 1 aliphatic heterocycles. The molecule has 4 heteroatoms. The van der Waals surface area contributed by atoms with Crippen LogP contribution in [0, 0.1) is 0 Å². The average molecular weight is 209 g/mol.